The molecule has 0 bridgehead atoms. The van der Waals surface area contributed by atoms with Crippen LogP contribution in [0.4, 0.5) is 0 Å². The van der Waals surface area contributed by atoms with Crippen molar-refractivity contribution in [1.82, 2.24) is 5.32 Å². The predicted molar refractivity (Wildman–Crippen MR) is 72.7 cm³/mol. The summed E-state index contributed by atoms with van der Waals surface area (Å²) in [4.78, 5) is 0. The number of hydrogen-bond acceptors (Lipinski definition) is 1. The van der Waals surface area contributed by atoms with E-state index in [9.17, 15) is 0 Å². The monoisotopic (exact) mass is 225 g/mol. The summed E-state index contributed by atoms with van der Waals surface area (Å²) < 4.78 is 0. The van der Waals surface area contributed by atoms with Crippen LogP contribution in [-0.2, 0) is 0 Å². The van der Waals surface area contributed by atoms with Gasteiger partial charge in [0.25, 0.3) is 0 Å². The summed E-state index contributed by atoms with van der Waals surface area (Å²) in [6.07, 6.45) is 8.40. The van der Waals surface area contributed by atoms with Gasteiger partial charge in [-0.1, -0.05) is 40.5 Å². The predicted octanol–water partition coefficient (Wildman–Crippen LogP) is 4.23. The van der Waals surface area contributed by atoms with Crippen molar-refractivity contribution in [3.63, 3.8) is 0 Å². The smallest absolute Gasteiger partial charge is 0.00925 e. The van der Waals surface area contributed by atoms with Crippen LogP contribution in [0.25, 0.3) is 0 Å². The Kier molecular flexibility index (Phi) is 5.30. The summed E-state index contributed by atoms with van der Waals surface area (Å²) in [6.45, 7) is 9.54. The highest BCUT2D eigenvalue weighted by atomic mass is 14.9. The molecule has 1 aliphatic rings. The average molecular weight is 225 g/mol. The van der Waals surface area contributed by atoms with E-state index in [2.05, 4.69) is 40.1 Å². The van der Waals surface area contributed by atoms with Gasteiger partial charge in [-0.25, -0.2) is 0 Å². The zero-order chi connectivity index (χ0) is 12.2. The summed E-state index contributed by atoms with van der Waals surface area (Å²) >= 11 is 0. The van der Waals surface area contributed by atoms with Gasteiger partial charge in [-0.3, -0.25) is 0 Å². The molecule has 0 saturated heterocycles. The Morgan fingerprint density at radius 2 is 1.88 bits per heavy atom. The zero-order valence-electron chi connectivity index (χ0n) is 12.0. The summed E-state index contributed by atoms with van der Waals surface area (Å²) in [6, 6.07) is 0.783. The van der Waals surface area contributed by atoms with Crippen LogP contribution >= 0.6 is 0 Å². The molecular formula is C15H31N. The van der Waals surface area contributed by atoms with Gasteiger partial charge in [-0.05, 0) is 50.0 Å². The molecule has 0 aliphatic heterocycles. The molecule has 16 heavy (non-hydrogen) atoms. The molecule has 1 fully saturated rings. The fraction of sp³-hybridized carbons (Fsp3) is 1.00. The first-order chi connectivity index (χ1) is 7.49. The van der Waals surface area contributed by atoms with Gasteiger partial charge in [0.15, 0.2) is 0 Å². The SMILES string of the molecule is CCCCC1CC(C(C)(C)C)CCC1NC. The second-order valence-electron chi connectivity index (χ2n) is 6.67. The quantitative estimate of drug-likeness (QED) is 0.755. The number of unbranched alkanes of at least 4 members (excludes halogenated alkanes) is 1. The Morgan fingerprint density at radius 1 is 1.19 bits per heavy atom. The molecule has 0 aromatic carbocycles. The molecule has 1 heteroatoms. The van der Waals surface area contributed by atoms with Gasteiger partial charge in [-0.15, -0.1) is 0 Å². The maximum Gasteiger partial charge on any atom is 0.00925 e. The molecule has 0 aromatic rings. The molecule has 0 aromatic heterocycles. The molecule has 1 aliphatic carbocycles. The molecular weight excluding hydrogens is 194 g/mol. The normalized spacial score (nSPS) is 31.7. The zero-order valence-corrected chi connectivity index (χ0v) is 12.0. The van der Waals surface area contributed by atoms with Gasteiger partial charge in [-0.2, -0.15) is 0 Å². The molecule has 0 radical (unpaired) electrons. The molecule has 3 atom stereocenters. The van der Waals surface area contributed by atoms with Gasteiger partial charge in [0, 0.05) is 6.04 Å². The maximum atomic E-state index is 3.53. The van der Waals surface area contributed by atoms with Crippen molar-refractivity contribution in [2.75, 3.05) is 7.05 Å². The molecule has 1 saturated carbocycles. The van der Waals surface area contributed by atoms with Crippen LogP contribution in [0.3, 0.4) is 0 Å². The van der Waals surface area contributed by atoms with E-state index in [-0.39, 0.29) is 0 Å². The van der Waals surface area contributed by atoms with E-state index in [1.165, 1.54) is 38.5 Å². The lowest BCUT2D eigenvalue weighted by Gasteiger charge is -2.42. The fourth-order valence-corrected chi connectivity index (χ4v) is 3.22. The fourth-order valence-electron chi connectivity index (χ4n) is 3.22. The van der Waals surface area contributed by atoms with Crippen LogP contribution < -0.4 is 5.32 Å². The Labute approximate surface area is 102 Å². The van der Waals surface area contributed by atoms with Crippen LogP contribution in [0, 0.1) is 17.3 Å². The highest BCUT2D eigenvalue weighted by molar-refractivity contribution is 4.88. The lowest BCUT2D eigenvalue weighted by atomic mass is 9.66. The summed E-state index contributed by atoms with van der Waals surface area (Å²) in [5.41, 5.74) is 0.503. The van der Waals surface area contributed by atoms with E-state index >= 15 is 0 Å². The number of nitrogens with one attached hydrogen (secondary N) is 1. The second kappa shape index (κ2) is 6.05. The Hall–Kier alpha value is -0.0400. The third-order valence-electron chi connectivity index (χ3n) is 4.51. The molecule has 96 valence electrons. The summed E-state index contributed by atoms with van der Waals surface area (Å²) in [7, 11) is 2.14. The summed E-state index contributed by atoms with van der Waals surface area (Å²) in [5.74, 6) is 1.85. The average Bonchev–Trinajstić information content (AvgIpc) is 2.24. The number of hydrogen-bond donors (Lipinski definition) is 1. The minimum atomic E-state index is 0.503. The van der Waals surface area contributed by atoms with Crippen LogP contribution in [0.2, 0.25) is 0 Å². The molecule has 1 nitrogen and oxygen atoms in total. The largest absolute Gasteiger partial charge is 0.317 e. The van der Waals surface area contributed by atoms with Gasteiger partial charge in [0.2, 0.25) is 0 Å². The third kappa shape index (κ3) is 3.76. The van der Waals surface area contributed by atoms with Crippen LogP contribution in [-0.4, -0.2) is 13.1 Å². The van der Waals surface area contributed by atoms with Crippen LogP contribution in [0.1, 0.15) is 66.2 Å². The van der Waals surface area contributed by atoms with Gasteiger partial charge in [0.1, 0.15) is 0 Å². The minimum Gasteiger partial charge on any atom is -0.317 e. The number of rotatable bonds is 4. The minimum absolute atomic E-state index is 0.503. The lowest BCUT2D eigenvalue weighted by Crippen LogP contribution is -2.41. The molecule has 1 N–H and O–H groups in total. The first kappa shape index (κ1) is 14.0. The lowest BCUT2D eigenvalue weighted by molar-refractivity contribution is 0.111. The Balaban J connectivity index is 2.54. The van der Waals surface area contributed by atoms with Crippen molar-refractivity contribution in [3.8, 4) is 0 Å². The van der Waals surface area contributed by atoms with Gasteiger partial charge >= 0.3 is 0 Å². The van der Waals surface area contributed by atoms with Crippen molar-refractivity contribution >= 4 is 0 Å². The van der Waals surface area contributed by atoms with E-state index in [4.69, 9.17) is 0 Å². The molecule has 1 rings (SSSR count). The van der Waals surface area contributed by atoms with Crippen molar-refractivity contribution in [1.29, 1.82) is 0 Å². The standard InChI is InChI=1S/C15H31N/c1-6-7-8-12-11-13(15(2,3)4)9-10-14(12)16-5/h12-14,16H,6-11H2,1-5H3. The second-order valence-corrected chi connectivity index (χ2v) is 6.67. The van der Waals surface area contributed by atoms with E-state index in [1.807, 2.05) is 0 Å². The summed E-state index contributed by atoms with van der Waals surface area (Å²) in [5, 5.41) is 3.53. The van der Waals surface area contributed by atoms with Crippen LogP contribution in [0.15, 0.2) is 0 Å². The van der Waals surface area contributed by atoms with Gasteiger partial charge in [0.05, 0.1) is 0 Å². The molecule has 0 heterocycles. The van der Waals surface area contributed by atoms with E-state index < -0.39 is 0 Å². The molecule has 0 spiro atoms. The van der Waals surface area contributed by atoms with Crippen molar-refractivity contribution in [2.45, 2.75) is 72.3 Å². The Morgan fingerprint density at radius 3 is 2.38 bits per heavy atom. The highest BCUT2D eigenvalue weighted by Crippen LogP contribution is 2.41. The van der Waals surface area contributed by atoms with E-state index in [0.29, 0.717) is 5.41 Å². The Bertz CT molecular complexity index is 192. The first-order valence-electron chi connectivity index (χ1n) is 7.16. The van der Waals surface area contributed by atoms with Crippen molar-refractivity contribution in [2.24, 2.45) is 17.3 Å². The maximum absolute atomic E-state index is 3.53. The molecule has 3 unspecified atom stereocenters. The van der Waals surface area contributed by atoms with E-state index in [0.717, 1.165) is 17.9 Å². The third-order valence-corrected chi connectivity index (χ3v) is 4.51. The van der Waals surface area contributed by atoms with Crippen LogP contribution in [0.5, 0.6) is 0 Å². The highest BCUT2D eigenvalue weighted by Gasteiger charge is 2.34. The first-order valence-corrected chi connectivity index (χ1v) is 7.16. The van der Waals surface area contributed by atoms with Crippen molar-refractivity contribution in [3.05, 3.63) is 0 Å². The van der Waals surface area contributed by atoms with Gasteiger partial charge < -0.3 is 5.32 Å². The van der Waals surface area contributed by atoms with E-state index in [1.54, 1.807) is 0 Å². The van der Waals surface area contributed by atoms with Crippen molar-refractivity contribution < 1.29 is 0 Å². The topological polar surface area (TPSA) is 12.0 Å². The molecule has 0 amide bonds.